The van der Waals surface area contributed by atoms with Crippen LogP contribution in [0.15, 0.2) is 42.5 Å². The van der Waals surface area contributed by atoms with Gasteiger partial charge in [0.1, 0.15) is 0 Å². The number of hydrogen-bond acceptors (Lipinski definition) is 2. The molecule has 3 fully saturated rings. The number of amides is 2. The fourth-order valence-electron chi connectivity index (χ4n) is 5.24. The van der Waals surface area contributed by atoms with Crippen LogP contribution < -0.4 is 0 Å². The van der Waals surface area contributed by atoms with Crippen molar-refractivity contribution in [2.75, 3.05) is 0 Å². The van der Waals surface area contributed by atoms with E-state index in [1.54, 1.807) is 4.90 Å². The first-order valence-electron chi connectivity index (χ1n) is 8.28. The van der Waals surface area contributed by atoms with E-state index in [1.165, 1.54) is 6.42 Å². The Hall–Kier alpha value is -1.90. The zero-order valence-corrected chi connectivity index (χ0v) is 12.6. The summed E-state index contributed by atoms with van der Waals surface area (Å²) in [6, 6.07) is 9.72. The highest BCUT2D eigenvalue weighted by Crippen LogP contribution is 2.65. The van der Waals surface area contributed by atoms with E-state index in [2.05, 4.69) is 12.2 Å². The van der Waals surface area contributed by atoms with Crippen molar-refractivity contribution < 1.29 is 9.59 Å². The number of allylic oxidation sites excluding steroid dienone is 2. The summed E-state index contributed by atoms with van der Waals surface area (Å²) < 4.78 is 0. The smallest absolute Gasteiger partial charge is 0.234 e. The van der Waals surface area contributed by atoms with Crippen molar-refractivity contribution >= 4 is 11.8 Å². The van der Waals surface area contributed by atoms with E-state index in [0.717, 1.165) is 5.56 Å². The second-order valence-electron chi connectivity index (χ2n) is 7.29. The lowest BCUT2D eigenvalue weighted by Gasteiger charge is -2.37. The number of likely N-dealkylation sites (tertiary alicyclic amines) is 1. The number of rotatable bonds is 2. The van der Waals surface area contributed by atoms with Gasteiger partial charge in [-0.05, 0) is 42.6 Å². The standard InChI is InChI=1S/C19H19NO2/c1-10(11-5-3-2-4-6-11)20-18(21)16-12-7-8-13(15-9-14(12)15)17(16)19(20)22/h2-8,10,12-17H,9H2,1H3/t10-,12-,13+,14-,15+,16-,17+/m0/s1. The highest BCUT2D eigenvalue weighted by Gasteiger charge is 2.67. The van der Waals surface area contributed by atoms with E-state index >= 15 is 0 Å². The van der Waals surface area contributed by atoms with Gasteiger partial charge in [0, 0.05) is 0 Å². The summed E-state index contributed by atoms with van der Waals surface area (Å²) in [7, 11) is 0. The number of nitrogens with zero attached hydrogens (tertiary/aromatic N) is 1. The maximum Gasteiger partial charge on any atom is 0.234 e. The zero-order valence-electron chi connectivity index (χ0n) is 12.6. The summed E-state index contributed by atoms with van der Waals surface area (Å²) >= 11 is 0. The van der Waals surface area contributed by atoms with Gasteiger partial charge in [-0.1, -0.05) is 42.5 Å². The molecule has 0 spiro atoms. The maximum atomic E-state index is 13.0. The number of carbonyl (C=O) groups is 2. The zero-order chi connectivity index (χ0) is 15.0. The highest BCUT2D eigenvalue weighted by atomic mass is 16.2. The van der Waals surface area contributed by atoms with Crippen molar-refractivity contribution in [3.8, 4) is 0 Å². The average molecular weight is 293 g/mol. The molecule has 3 heteroatoms. The van der Waals surface area contributed by atoms with Gasteiger partial charge in [-0.15, -0.1) is 0 Å². The predicted molar refractivity (Wildman–Crippen MR) is 81.4 cm³/mol. The Balaban J connectivity index is 1.52. The number of imide groups is 1. The van der Waals surface area contributed by atoms with Crippen LogP contribution in [0.3, 0.4) is 0 Å². The van der Waals surface area contributed by atoms with Crippen LogP contribution in [0, 0.1) is 35.5 Å². The molecule has 1 aromatic rings. The van der Waals surface area contributed by atoms with E-state index in [9.17, 15) is 9.59 Å². The molecule has 1 aliphatic heterocycles. The molecule has 2 bridgehead atoms. The van der Waals surface area contributed by atoms with Gasteiger partial charge in [0.2, 0.25) is 11.8 Å². The number of benzene rings is 1. The lowest BCUT2D eigenvalue weighted by atomic mass is 9.63. The third-order valence-electron chi connectivity index (χ3n) is 6.37. The second kappa shape index (κ2) is 4.09. The van der Waals surface area contributed by atoms with Crippen LogP contribution in [-0.4, -0.2) is 16.7 Å². The molecule has 3 nitrogen and oxygen atoms in total. The van der Waals surface area contributed by atoms with Crippen molar-refractivity contribution in [3.63, 3.8) is 0 Å². The van der Waals surface area contributed by atoms with Gasteiger partial charge in [0.05, 0.1) is 17.9 Å². The fraction of sp³-hybridized carbons (Fsp3) is 0.474. The van der Waals surface area contributed by atoms with Crippen LogP contribution in [0.1, 0.15) is 24.9 Å². The Kier molecular flexibility index (Phi) is 2.35. The van der Waals surface area contributed by atoms with Crippen molar-refractivity contribution in [2.24, 2.45) is 35.5 Å². The van der Waals surface area contributed by atoms with E-state index in [0.29, 0.717) is 23.7 Å². The Bertz CT molecular complexity index is 659. The van der Waals surface area contributed by atoms with Crippen LogP contribution in [0.4, 0.5) is 0 Å². The molecule has 1 aromatic carbocycles. The summed E-state index contributed by atoms with van der Waals surface area (Å²) in [6.07, 6.45) is 5.66. The van der Waals surface area contributed by atoms with E-state index in [1.807, 2.05) is 37.3 Å². The largest absolute Gasteiger partial charge is 0.275 e. The second-order valence-corrected chi connectivity index (χ2v) is 7.29. The minimum Gasteiger partial charge on any atom is -0.275 e. The molecular weight excluding hydrogens is 274 g/mol. The van der Waals surface area contributed by atoms with Crippen LogP contribution in [0.5, 0.6) is 0 Å². The van der Waals surface area contributed by atoms with Gasteiger partial charge in [-0.2, -0.15) is 0 Å². The maximum absolute atomic E-state index is 13.0. The predicted octanol–water partition coefficient (Wildman–Crippen LogP) is 2.80. The first kappa shape index (κ1) is 12.6. The van der Waals surface area contributed by atoms with Crippen molar-refractivity contribution in [3.05, 3.63) is 48.0 Å². The molecule has 0 radical (unpaired) electrons. The van der Waals surface area contributed by atoms with E-state index in [-0.39, 0.29) is 29.7 Å². The van der Waals surface area contributed by atoms with E-state index in [4.69, 9.17) is 0 Å². The topological polar surface area (TPSA) is 37.4 Å². The molecule has 112 valence electrons. The first-order valence-corrected chi connectivity index (χ1v) is 8.28. The fourth-order valence-corrected chi connectivity index (χ4v) is 5.24. The third-order valence-corrected chi connectivity index (χ3v) is 6.37. The van der Waals surface area contributed by atoms with Gasteiger partial charge in [-0.3, -0.25) is 14.5 Å². The van der Waals surface area contributed by atoms with Gasteiger partial charge in [0.25, 0.3) is 0 Å². The summed E-state index contributed by atoms with van der Waals surface area (Å²) in [5.41, 5.74) is 1.04. The molecule has 2 saturated carbocycles. The summed E-state index contributed by atoms with van der Waals surface area (Å²) in [5.74, 6) is 1.91. The molecule has 4 aliphatic carbocycles. The molecule has 0 unspecified atom stereocenters. The molecule has 22 heavy (non-hydrogen) atoms. The number of carbonyl (C=O) groups excluding carboxylic acids is 2. The Morgan fingerprint density at radius 1 is 0.955 bits per heavy atom. The molecule has 6 rings (SSSR count). The van der Waals surface area contributed by atoms with Crippen molar-refractivity contribution in [2.45, 2.75) is 19.4 Å². The molecule has 7 atom stereocenters. The molecule has 0 N–H and O–H groups in total. The molecule has 0 aromatic heterocycles. The minimum absolute atomic E-state index is 0.0658. The molecule has 2 amide bonds. The highest BCUT2D eigenvalue weighted by molar-refractivity contribution is 6.06. The molecule has 1 heterocycles. The van der Waals surface area contributed by atoms with E-state index < -0.39 is 0 Å². The van der Waals surface area contributed by atoms with Gasteiger partial charge < -0.3 is 0 Å². The summed E-state index contributed by atoms with van der Waals surface area (Å²) in [4.78, 5) is 27.5. The first-order chi connectivity index (χ1) is 10.7. The number of hydrogen-bond donors (Lipinski definition) is 0. The minimum atomic E-state index is -0.164. The summed E-state index contributed by atoms with van der Waals surface area (Å²) in [6.45, 7) is 1.97. The van der Waals surface area contributed by atoms with Crippen LogP contribution in [0.2, 0.25) is 0 Å². The average Bonchev–Trinajstić information content (AvgIpc) is 3.32. The summed E-state index contributed by atoms with van der Waals surface area (Å²) in [5, 5.41) is 0. The van der Waals surface area contributed by atoms with Crippen molar-refractivity contribution in [1.29, 1.82) is 0 Å². The van der Waals surface area contributed by atoms with Gasteiger partial charge in [0.15, 0.2) is 0 Å². The van der Waals surface area contributed by atoms with Crippen LogP contribution >= 0.6 is 0 Å². The quantitative estimate of drug-likeness (QED) is 0.621. The lowest BCUT2D eigenvalue weighted by molar-refractivity contribution is -0.142. The Morgan fingerprint density at radius 2 is 1.50 bits per heavy atom. The third kappa shape index (κ3) is 1.42. The normalized spacial score (nSPS) is 42.3. The van der Waals surface area contributed by atoms with Crippen LogP contribution in [-0.2, 0) is 9.59 Å². The Morgan fingerprint density at radius 3 is 2.05 bits per heavy atom. The SMILES string of the molecule is C[C@@H](c1ccccc1)N1C(=O)[C@@H]2[C@@H]3C=C[C@@H]([C@@H]4C[C@H]34)[C@@H]2C1=O. The Labute approximate surface area is 130 Å². The molecule has 1 saturated heterocycles. The molecular formula is C19H19NO2. The lowest BCUT2D eigenvalue weighted by Crippen LogP contribution is -2.40. The monoisotopic (exact) mass is 293 g/mol. The van der Waals surface area contributed by atoms with Gasteiger partial charge >= 0.3 is 0 Å². The van der Waals surface area contributed by atoms with Crippen LogP contribution in [0.25, 0.3) is 0 Å². The van der Waals surface area contributed by atoms with Crippen molar-refractivity contribution in [1.82, 2.24) is 4.90 Å². The molecule has 5 aliphatic rings. The van der Waals surface area contributed by atoms with Gasteiger partial charge in [-0.25, -0.2) is 0 Å².